The molecule has 0 amide bonds. The van der Waals surface area contributed by atoms with Crippen molar-refractivity contribution >= 4 is 25.5 Å². The first kappa shape index (κ1) is 22.5. The molecule has 0 fully saturated rings. The molecule has 2 aromatic heterocycles. The van der Waals surface area contributed by atoms with Crippen molar-refractivity contribution in [1.29, 1.82) is 0 Å². The van der Waals surface area contributed by atoms with Crippen LogP contribution in [0.25, 0.3) is 28.3 Å². The number of hydrogen-bond acceptors (Lipinski definition) is 4. The SMILES string of the molecule is CCCc1cc(=O)oc2c(-c3ccc[n-]3)c(O)c3c(c12)OC(C)(C)C=C3.[2HH].[B].[Y]. The van der Waals surface area contributed by atoms with E-state index in [4.69, 9.17) is 9.15 Å². The molecule has 4 radical (unpaired) electrons. The van der Waals surface area contributed by atoms with Gasteiger partial charge in [0.1, 0.15) is 17.1 Å². The van der Waals surface area contributed by atoms with Crippen LogP contribution in [-0.4, -0.2) is 19.1 Å². The van der Waals surface area contributed by atoms with Gasteiger partial charge in [-0.1, -0.05) is 25.5 Å². The van der Waals surface area contributed by atoms with Crippen molar-refractivity contribution in [1.82, 2.24) is 4.98 Å². The third kappa shape index (κ3) is 3.72. The van der Waals surface area contributed by atoms with Crippen LogP contribution in [0.2, 0.25) is 0 Å². The van der Waals surface area contributed by atoms with Gasteiger partial charge in [-0.25, -0.2) is 4.79 Å². The molecule has 3 heterocycles. The third-order valence-electron chi connectivity index (χ3n) is 4.58. The predicted molar refractivity (Wildman–Crippen MR) is 109 cm³/mol. The summed E-state index contributed by atoms with van der Waals surface area (Å²) in [6.45, 7) is 5.94. The fourth-order valence-electron chi connectivity index (χ4n) is 3.45. The Balaban J connectivity index is 0.00000140. The van der Waals surface area contributed by atoms with Gasteiger partial charge in [0.25, 0.3) is 0 Å². The number of aromatic hydroxyl groups is 1. The summed E-state index contributed by atoms with van der Waals surface area (Å²) in [5, 5.41) is 11.7. The van der Waals surface area contributed by atoms with Crippen LogP contribution < -0.4 is 15.3 Å². The minimum Gasteiger partial charge on any atom is -0.663 e. The molecule has 0 saturated heterocycles. The normalized spacial score (nSPS) is 14.0. The van der Waals surface area contributed by atoms with Crippen molar-refractivity contribution in [3.05, 3.63) is 52.0 Å². The molecule has 28 heavy (non-hydrogen) atoms. The van der Waals surface area contributed by atoms with E-state index in [0.29, 0.717) is 34.6 Å². The zero-order valence-corrected chi connectivity index (χ0v) is 19.0. The van der Waals surface area contributed by atoms with Crippen LogP contribution in [0, 0.1) is 0 Å². The smallest absolute Gasteiger partial charge is 0.336 e. The average Bonchev–Trinajstić information content (AvgIpc) is 3.08. The minimum absolute atomic E-state index is 0. The Labute approximate surface area is 192 Å². The number of phenols is 1. The molecule has 1 aromatic carbocycles. The van der Waals surface area contributed by atoms with Gasteiger partial charge in [-0.05, 0) is 38.0 Å². The number of ether oxygens (including phenoxy) is 1. The summed E-state index contributed by atoms with van der Waals surface area (Å²) in [5.74, 6) is 0.558. The topological polar surface area (TPSA) is 73.8 Å². The maximum Gasteiger partial charge on any atom is 0.336 e. The van der Waals surface area contributed by atoms with Crippen molar-refractivity contribution in [2.24, 2.45) is 0 Å². The van der Waals surface area contributed by atoms with E-state index in [2.05, 4.69) is 11.9 Å². The average molecular weight is 453 g/mol. The zero-order chi connectivity index (χ0) is 18.5. The molecule has 1 aliphatic heterocycles. The van der Waals surface area contributed by atoms with Crippen LogP contribution in [0.3, 0.4) is 0 Å². The zero-order valence-electron chi connectivity index (χ0n) is 16.2. The summed E-state index contributed by atoms with van der Waals surface area (Å²) in [7, 11) is 0. The monoisotopic (exact) mass is 453 g/mol. The number of hydrogen-bond donors (Lipinski definition) is 1. The van der Waals surface area contributed by atoms with E-state index in [0.717, 1.165) is 17.4 Å². The third-order valence-corrected chi connectivity index (χ3v) is 4.58. The maximum atomic E-state index is 12.2. The first-order valence-corrected chi connectivity index (χ1v) is 8.73. The number of nitrogens with zero attached hydrogens (tertiary/aromatic N) is 1. The van der Waals surface area contributed by atoms with Crippen LogP contribution >= 0.6 is 0 Å². The molecular formula is C21H22BNO4Y-. The van der Waals surface area contributed by atoms with Crippen LogP contribution in [0.15, 0.2) is 39.7 Å². The number of phenolic OH excluding ortho intramolecular Hbond substituents is 1. The number of fused-ring (bicyclic) bond motifs is 3. The maximum absolute atomic E-state index is 12.2. The molecule has 7 heteroatoms. The molecule has 1 aliphatic rings. The number of aromatic nitrogens is 1. The van der Waals surface area contributed by atoms with Gasteiger partial charge in [-0.3, -0.25) is 0 Å². The van der Waals surface area contributed by atoms with Crippen molar-refractivity contribution in [2.45, 2.75) is 39.2 Å². The molecule has 0 atom stereocenters. The van der Waals surface area contributed by atoms with Gasteiger partial charge in [-0.2, -0.15) is 6.20 Å². The number of aryl methyl sites for hydroxylation is 1. The van der Waals surface area contributed by atoms with Gasteiger partial charge in [0.15, 0.2) is 5.58 Å². The summed E-state index contributed by atoms with van der Waals surface area (Å²) in [4.78, 5) is 16.5. The summed E-state index contributed by atoms with van der Waals surface area (Å²) >= 11 is 0. The van der Waals surface area contributed by atoms with Crippen LogP contribution in [0.4, 0.5) is 0 Å². The number of rotatable bonds is 3. The molecule has 0 saturated carbocycles. The second-order valence-corrected chi connectivity index (χ2v) is 7.07. The van der Waals surface area contributed by atoms with E-state index in [1.165, 1.54) is 6.07 Å². The molecule has 0 unspecified atom stereocenters. The van der Waals surface area contributed by atoms with Crippen molar-refractivity contribution < 1.29 is 48.4 Å². The first-order chi connectivity index (χ1) is 12.4. The molecule has 4 rings (SSSR count). The van der Waals surface area contributed by atoms with Gasteiger partial charge in [0.2, 0.25) is 0 Å². The Morgan fingerprint density at radius 3 is 2.71 bits per heavy atom. The minimum atomic E-state index is -0.522. The van der Waals surface area contributed by atoms with E-state index < -0.39 is 11.2 Å². The standard InChI is InChI=1S/C21H20NO4.B.Y.H2/c1-4-6-12-11-15(23)25-20-16(12)19-13(8-9-21(2,3)26-19)18(24)17(20)14-7-5-10-22-14;;;/h5,7-11H,4,6H2,1-3H3,(H,23,24);;;1H/q-1;;;/i;;;1+1. The quantitative estimate of drug-likeness (QED) is 0.477. The molecule has 142 valence electrons. The summed E-state index contributed by atoms with van der Waals surface area (Å²) in [6, 6.07) is 5.08. The van der Waals surface area contributed by atoms with E-state index >= 15 is 0 Å². The predicted octanol–water partition coefficient (Wildman–Crippen LogP) is 4.12. The van der Waals surface area contributed by atoms with E-state index in [-0.39, 0.29) is 48.3 Å². The Morgan fingerprint density at radius 2 is 2.07 bits per heavy atom. The summed E-state index contributed by atoms with van der Waals surface area (Å²) in [5.41, 5.74) is 1.78. The molecule has 1 N–H and O–H groups in total. The van der Waals surface area contributed by atoms with Crippen LogP contribution in [0.1, 0.15) is 39.7 Å². The van der Waals surface area contributed by atoms with E-state index in [9.17, 15) is 9.90 Å². The van der Waals surface area contributed by atoms with Crippen molar-refractivity contribution in [3.63, 3.8) is 0 Å². The Morgan fingerprint density at radius 1 is 1.32 bits per heavy atom. The Bertz CT molecular complexity index is 1090. The Kier molecular flexibility index (Phi) is 6.67. The second-order valence-electron chi connectivity index (χ2n) is 7.07. The fourth-order valence-corrected chi connectivity index (χ4v) is 3.45. The van der Waals surface area contributed by atoms with Gasteiger partial charge in [0.05, 0.1) is 10.9 Å². The molecule has 0 bridgehead atoms. The Hall–Kier alpha value is -1.78. The van der Waals surface area contributed by atoms with Gasteiger partial charge in [-0.15, -0.1) is 5.69 Å². The second kappa shape index (κ2) is 8.30. The van der Waals surface area contributed by atoms with Crippen LogP contribution in [-0.2, 0) is 39.1 Å². The van der Waals surface area contributed by atoms with Crippen molar-refractivity contribution in [3.8, 4) is 22.8 Å². The largest absolute Gasteiger partial charge is 0.663 e. The molecule has 0 spiro atoms. The van der Waals surface area contributed by atoms with Gasteiger partial charge in [0, 0.05) is 54.2 Å². The molecule has 3 aromatic rings. The molecule has 5 nitrogen and oxygen atoms in total. The number of benzene rings is 1. The van der Waals surface area contributed by atoms with Gasteiger partial charge < -0.3 is 19.2 Å². The van der Waals surface area contributed by atoms with E-state index in [1.54, 1.807) is 18.3 Å². The summed E-state index contributed by atoms with van der Waals surface area (Å²) < 4.78 is 11.7. The fraction of sp³-hybridized carbons (Fsp3) is 0.286. The van der Waals surface area contributed by atoms with Gasteiger partial charge >= 0.3 is 5.63 Å². The molecule has 0 aliphatic carbocycles. The molecular weight excluding hydrogens is 430 g/mol. The van der Waals surface area contributed by atoms with Crippen molar-refractivity contribution in [2.75, 3.05) is 0 Å². The first-order valence-electron chi connectivity index (χ1n) is 8.73. The summed E-state index contributed by atoms with van der Waals surface area (Å²) in [6.07, 6.45) is 6.99. The van der Waals surface area contributed by atoms with E-state index in [1.807, 2.05) is 26.0 Å². The van der Waals surface area contributed by atoms with Crippen LogP contribution in [0.5, 0.6) is 11.5 Å².